The van der Waals surface area contributed by atoms with E-state index >= 15 is 0 Å². The van der Waals surface area contributed by atoms with Crippen LogP contribution >= 0.6 is 0 Å². The highest BCUT2D eigenvalue weighted by atomic mass is 16.5. The van der Waals surface area contributed by atoms with Crippen LogP contribution < -0.4 is 5.84 Å². The van der Waals surface area contributed by atoms with Crippen molar-refractivity contribution < 1.29 is 9.53 Å². The molecule has 2 aliphatic rings. The summed E-state index contributed by atoms with van der Waals surface area (Å²) in [5, 5.41) is 7.39. The van der Waals surface area contributed by atoms with Crippen molar-refractivity contribution in [3.8, 4) is 0 Å². The van der Waals surface area contributed by atoms with Crippen molar-refractivity contribution in [1.82, 2.24) is 4.90 Å². The van der Waals surface area contributed by atoms with E-state index in [1.54, 1.807) is 0 Å². The third-order valence-electron chi connectivity index (χ3n) is 3.40. The Labute approximate surface area is 100 Å². The fraction of sp³-hybridized carbons (Fsp3) is 0.727. The van der Waals surface area contributed by atoms with E-state index in [-0.39, 0.29) is 18.1 Å². The number of methoxy groups -OCH3 is 1. The van der Waals surface area contributed by atoms with Crippen LogP contribution in [0.15, 0.2) is 22.0 Å². The molecule has 17 heavy (non-hydrogen) atoms. The average molecular weight is 238 g/mol. The summed E-state index contributed by atoms with van der Waals surface area (Å²) < 4.78 is 4.75. The van der Waals surface area contributed by atoms with Gasteiger partial charge in [-0.3, -0.25) is 4.90 Å². The molecule has 4 atom stereocenters. The molecule has 6 heteroatoms. The second-order valence-electron chi connectivity index (χ2n) is 4.71. The molecule has 2 rings (SSSR count). The molecule has 0 saturated carbocycles. The predicted molar refractivity (Wildman–Crippen MR) is 62.1 cm³/mol. The summed E-state index contributed by atoms with van der Waals surface area (Å²) in [6.45, 7) is 4.25. The average Bonchev–Trinajstić information content (AvgIpc) is 3.02. The molecular formula is C11H18N4O2. The lowest BCUT2D eigenvalue weighted by Gasteiger charge is -2.15. The van der Waals surface area contributed by atoms with Gasteiger partial charge in [-0.05, 0) is 13.8 Å². The Hall–Kier alpha value is -1.43. The number of nitrogens with zero attached hydrogens (tertiary/aromatic N) is 3. The second kappa shape index (κ2) is 4.44. The van der Waals surface area contributed by atoms with Crippen LogP contribution in [-0.2, 0) is 9.53 Å². The van der Waals surface area contributed by atoms with Gasteiger partial charge in [0, 0.05) is 24.1 Å². The molecule has 0 aromatic rings. The minimum atomic E-state index is -0.281. The molecule has 1 saturated heterocycles. The second-order valence-corrected chi connectivity index (χ2v) is 4.71. The first-order valence-electron chi connectivity index (χ1n) is 5.76. The summed E-state index contributed by atoms with van der Waals surface area (Å²) in [4.78, 5) is 13.8. The molecule has 1 aliphatic carbocycles. The minimum absolute atomic E-state index is 0.0356. The Balaban J connectivity index is 2.20. The van der Waals surface area contributed by atoms with Gasteiger partial charge in [-0.2, -0.15) is 5.11 Å². The zero-order chi connectivity index (χ0) is 12.6. The van der Waals surface area contributed by atoms with Crippen LogP contribution in [0, 0.1) is 0 Å². The van der Waals surface area contributed by atoms with Crippen LogP contribution in [0.25, 0.3) is 0 Å². The maximum Gasteiger partial charge on any atom is 0.333 e. The molecule has 0 bridgehead atoms. The van der Waals surface area contributed by atoms with Gasteiger partial charge in [-0.15, -0.1) is 0 Å². The van der Waals surface area contributed by atoms with Gasteiger partial charge in [-0.25, -0.2) is 4.79 Å². The molecule has 0 radical (unpaired) electrons. The van der Waals surface area contributed by atoms with E-state index in [1.807, 2.05) is 6.08 Å². The van der Waals surface area contributed by atoms with E-state index in [1.165, 1.54) is 7.11 Å². The molecule has 94 valence electrons. The molecule has 1 aliphatic heterocycles. The van der Waals surface area contributed by atoms with E-state index in [2.05, 4.69) is 29.1 Å². The summed E-state index contributed by atoms with van der Waals surface area (Å²) in [5.74, 6) is 4.84. The number of fused-ring (bicyclic) bond motifs is 1. The molecule has 1 heterocycles. The number of nitrogens with two attached hydrogens (primary N) is 1. The summed E-state index contributed by atoms with van der Waals surface area (Å²) in [7, 11) is 1.39. The monoisotopic (exact) mass is 238 g/mol. The largest absolute Gasteiger partial charge is 0.466 e. The van der Waals surface area contributed by atoms with Crippen molar-refractivity contribution >= 4 is 5.97 Å². The number of ether oxygens (including phenoxy) is 1. The number of hydrogen-bond acceptors (Lipinski definition) is 5. The Morgan fingerprint density at radius 3 is 2.88 bits per heavy atom. The fourth-order valence-electron chi connectivity index (χ4n) is 2.68. The van der Waals surface area contributed by atoms with Crippen LogP contribution in [0.5, 0.6) is 0 Å². The van der Waals surface area contributed by atoms with Crippen molar-refractivity contribution in [2.24, 2.45) is 16.2 Å². The Morgan fingerprint density at radius 2 is 2.35 bits per heavy atom. The molecule has 6 nitrogen and oxygen atoms in total. The normalized spacial score (nSPS) is 35.6. The highest BCUT2D eigenvalue weighted by molar-refractivity contribution is 5.89. The summed E-state index contributed by atoms with van der Waals surface area (Å²) in [6, 6.07) is 0.990. The molecule has 2 N–H and O–H groups in total. The Bertz CT molecular complexity index is 378. The Morgan fingerprint density at radius 1 is 1.65 bits per heavy atom. The number of carbonyl (C=O) groups excluding carboxylic acids is 1. The highest BCUT2D eigenvalue weighted by Gasteiger charge is 2.55. The van der Waals surface area contributed by atoms with Gasteiger partial charge in [0.05, 0.1) is 19.2 Å². The maximum atomic E-state index is 11.5. The van der Waals surface area contributed by atoms with Gasteiger partial charge in [0.15, 0.2) is 0 Å². The van der Waals surface area contributed by atoms with Gasteiger partial charge in [0.2, 0.25) is 0 Å². The minimum Gasteiger partial charge on any atom is -0.466 e. The third kappa shape index (κ3) is 2.04. The van der Waals surface area contributed by atoms with Crippen molar-refractivity contribution in [1.29, 1.82) is 0 Å². The first-order chi connectivity index (χ1) is 8.10. The van der Waals surface area contributed by atoms with Crippen molar-refractivity contribution in [2.45, 2.75) is 44.4 Å². The molecule has 0 aromatic carbocycles. The molecule has 0 amide bonds. The standard InChI is InChI=1S/C11H18N4O2/c1-6(2)15-9-5-7(11(16)17-3)4-8(10(9)15)13-14-12/h5-6,8-10H,4H2,1-3H3,(H2,12,13). The Kier molecular flexibility index (Phi) is 3.15. The van der Waals surface area contributed by atoms with Crippen LogP contribution in [0.1, 0.15) is 20.3 Å². The van der Waals surface area contributed by atoms with Crippen LogP contribution in [0.2, 0.25) is 0 Å². The van der Waals surface area contributed by atoms with Crippen molar-refractivity contribution in [3.05, 3.63) is 11.6 Å². The van der Waals surface area contributed by atoms with E-state index in [0.29, 0.717) is 24.1 Å². The van der Waals surface area contributed by atoms with Crippen LogP contribution in [-0.4, -0.2) is 42.1 Å². The number of carbonyl (C=O) groups is 1. The summed E-state index contributed by atoms with van der Waals surface area (Å²) >= 11 is 0. The topological polar surface area (TPSA) is 80.0 Å². The van der Waals surface area contributed by atoms with Gasteiger partial charge >= 0.3 is 5.97 Å². The SMILES string of the molecule is COC(=O)C1=CC2C(C(N=NN)C1)N2C(C)C. The lowest BCUT2D eigenvalue weighted by Crippen LogP contribution is -2.25. The highest BCUT2D eigenvalue weighted by Crippen LogP contribution is 2.42. The van der Waals surface area contributed by atoms with E-state index < -0.39 is 0 Å². The molecular weight excluding hydrogens is 220 g/mol. The number of hydrogen-bond donors (Lipinski definition) is 1. The predicted octanol–water partition coefficient (Wildman–Crippen LogP) is 0.645. The van der Waals surface area contributed by atoms with Gasteiger partial charge in [0.1, 0.15) is 0 Å². The lowest BCUT2D eigenvalue weighted by molar-refractivity contribution is -0.136. The quantitative estimate of drug-likeness (QED) is 0.257. The van der Waals surface area contributed by atoms with Crippen LogP contribution in [0.3, 0.4) is 0 Å². The van der Waals surface area contributed by atoms with Crippen molar-refractivity contribution in [2.75, 3.05) is 7.11 Å². The molecule has 4 unspecified atom stereocenters. The first kappa shape index (κ1) is 12.0. The number of esters is 1. The van der Waals surface area contributed by atoms with E-state index in [0.717, 1.165) is 0 Å². The summed E-state index contributed by atoms with van der Waals surface area (Å²) in [5.41, 5.74) is 0.675. The van der Waals surface area contributed by atoms with E-state index in [4.69, 9.17) is 10.6 Å². The third-order valence-corrected chi connectivity index (χ3v) is 3.40. The van der Waals surface area contributed by atoms with E-state index in [9.17, 15) is 4.79 Å². The first-order valence-corrected chi connectivity index (χ1v) is 5.76. The smallest absolute Gasteiger partial charge is 0.333 e. The maximum absolute atomic E-state index is 11.5. The van der Waals surface area contributed by atoms with Crippen molar-refractivity contribution in [3.63, 3.8) is 0 Å². The molecule has 1 fully saturated rings. The van der Waals surface area contributed by atoms with Gasteiger partial charge in [-0.1, -0.05) is 11.3 Å². The van der Waals surface area contributed by atoms with Crippen LogP contribution in [0.4, 0.5) is 0 Å². The number of rotatable bonds is 3. The molecule has 0 spiro atoms. The lowest BCUT2D eigenvalue weighted by atomic mass is 9.95. The summed E-state index contributed by atoms with van der Waals surface area (Å²) in [6.07, 6.45) is 2.54. The zero-order valence-electron chi connectivity index (χ0n) is 10.3. The van der Waals surface area contributed by atoms with Gasteiger partial charge < -0.3 is 10.6 Å². The molecule has 0 aromatic heterocycles. The zero-order valence-corrected chi connectivity index (χ0v) is 10.3. The van der Waals surface area contributed by atoms with Gasteiger partial charge in [0.25, 0.3) is 0 Å². The fourth-order valence-corrected chi connectivity index (χ4v) is 2.68.